The molecular weight excluding hydrogens is 280 g/mol. The summed E-state index contributed by atoms with van der Waals surface area (Å²) >= 11 is 0. The summed E-state index contributed by atoms with van der Waals surface area (Å²) in [6.45, 7) is 1.84. The van der Waals surface area contributed by atoms with Crippen molar-refractivity contribution in [3.8, 4) is 23.1 Å². The third-order valence-corrected chi connectivity index (χ3v) is 2.72. The Kier molecular flexibility index (Phi) is 3.05. The first kappa shape index (κ1) is 13.1. The van der Waals surface area contributed by atoms with E-state index >= 15 is 0 Å². The van der Waals surface area contributed by atoms with Gasteiger partial charge in [0.25, 0.3) is 5.89 Å². The molecule has 106 valence electrons. The quantitative estimate of drug-likeness (QED) is 0.728. The van der Waals surface area contributed by atoms with Crippen LogP contribution < -0.4 is 5.73 Å². The molecule has 1 aromatic carbocycles. The number of nitrogens with zero attached hydrogens (tertiary/aromatic N) is 4. The molecule has 0 atom stereocenters. The third-order valence-electron chi connectivity index (χ3n) is 2.72. The van der Waals surface area contributed by atoms with E-state index in [1.54, 1.807) is 12.4 Å². The van der Waals surface area contributed by atoms with Crippen molar-refractivity contribution in [2.24, 2.45) is 0 Å². The van der Waals surface area contributed by atoms with Gasteiger partial charge in [-0.05, 0) is 18.6 Å². The van der Waals surface area contributed by atoms with Gasteiger partial charge in [-0.1, -0.05) is 5.16 Å². The zero-order chi connectivity index (χ0) is 15.0. The number of nitrogens with two attached hydrogens (primary N) is 1. The number of benzene rings is 1. The molecule has 0 unspecified atom stereocenters. The zero-order valence-electron chi connectivity index (χ0n) is 10.8. The Bertz CT molecular complexity index is 801. The number of hydrogen-bond donors (Lipinski definition) is 1. The molecule has 0 aliphatic carbocycles. The van der Waals surface area contributed by atoms with E-state index < -0.39 is 11.6 Å². The summed E-state index contributed by atoms with van der Waals surface area (Å²) in [6, 6.07) is 1.76. The van der Waals surface area contributed by atoms with Crippen molar-refractivity contribution in [1.82, 2.24) is 20.1 Å². The van der Waals surface area contributed by atoms with Crippen LogP contribution in [0.5, 0.6) is 0 Å². The van der Waals surface area contributed by atoms with Crippen LogP contribution in [0.4, 0.5) is 14.5 Å². The Morgan fingerprint density at radius 2 is 1.76 bits per heavy atom. The lowest BCUT2D eigenvalue weighted by Crippen LogP contribution is -1.95. The van der Waals surface area contributed by atoms with Crippen LogP contribution in [0.15, 0.2) is 29.0 Å². The summed E-state index contributed by atoms with van der Waals surface area (Å²) < 4.78 is 31.8. The molecular formula is C13H9F2N5O. The summed E-state index contributed by atoms with van der Waals surface area (Å²) in [6.07, 6.45) is 3.18. The van der Waals surface area contributed by atoms with Crippen molar-refractivity contribution in [2.45, 2.75) is 6.92 Å². The Morgan fingerprint density at radius 1 is 1.05 bits per heavy atom. The Labute approximate surface area is 117 Å². The first-order valence-corrected chi connectivity index (χ1v) is 5.92. The summed E-state index contributed by atoms with van der Waals surface area (Å²) in [5.41, 5.74) is 5.99. The molecule has 3 rings (SSSR count). The number of rotatable bonds is 2. The highest BCUT2D eigenvalue weighted by molar-refractivity contribution is 5.62. The van der Waals surface area contributed by atoms with E-state index in [2.05, 4.69) is 20.1 Å². The minimum Gasteiger partial charge on any atom is -0.396 e. The van der Waals surface area contributed by atoms with Crippen LogP contribution in [-0.2, 0) is 0 Å². The highest BCUT2D eigenvalue weighted by atomic mass is 19.1. The molecule has 2 N–H and O–H groups in total. The van der Waals surface area contributed by atoms with Gasteiger partial charge < -0.3 is 10.3 Å². The molecule has 0 aliphatic rings. The Hall–Kier alpha value is -2.90. The summed E-state index contributed by atoms with van der Waals surface area (Å²) in [7, 11) is 0. The minimum atomic E-state index is -0.849. The van der Waals surface area contributed by atoms with Crippen molar-refractivity contribution in [3.63, 3.8) is 0 Å². The predicted molar refractivity (Wildman–Crippen MR) is 69.8 cm³/mol. The van der Waals surface area contributed by atoms with Crippen molar-refractivity contribution in [1.29, 1.82) is 0 Å². The van der Waals surface area contributed by atoms with Crippen molar-refractivity contribution in [3.05, 3.63) is 41.7 Å². The molecule has 3 aromatic rings. The average Bonchev–Trinajstić information content (AvgIpc) is 2.93. The van der Waals surface area contributed by atoms with Gasteiger partial charge in [-0.15, -0.1) is 0 Å². The lowest BCUT2D eigenvalue weighted by Gasteiger charge is -2.00. The first-order chi connectivity index (χ1) is 10.0. The van der Waals surface area contributed by atoms with Gasteiger partial charge in [-0.2, -0.15) is 4.98 Å². The maximum Gasteiger partial charge on any atom is 0.261 e. The molecule has 6 nitrogen and oxygen atoms in total. The highest BCUT2D eigenvalue weighted by Crippen LogP contribution is 2.26. The van der Waals surface area contributed by atoms with Crippen LogP contribution in [0, 0.1) is 18.6 Å². The normalized spacial score (nSPS) is 10.8. The topological polar surface area (TPSA) is 90.7 Å². The fraction of sp³-hybridized carbons (Fsp3) is 0.0769. The van der Waals surface area contributed by atoms with Gasteiger partial charge in [0.15, 0.2) is 0 Å². The van der Waals surface area contributed by atoms with Gasteiger partial charge in [0.05, 0.1) is 11.3 Å². The average molecular weight is 289 g/mol. The van der Waals surface area contributed by atoms with E-state index in [1.165, 1.54) is 0 Å². The van der Waals surface area contributed by atoms with E-state index in [9.17, 15) is 8.78 Å². The van der Waals surface area contributed by atoms with Gasteiger partial charge >= 0.3 is 0 Å². The molecule has 0 fully saturated rings. The number of aromatic nitrogens is 4. The molecule has 0 saturated carbocycles. The van der Waals surface area contributed by atoms with Gasteiger partial charge in [0.2, 0.25) is 11.6 Å². The summed E-state index contributed by atoms with van der Waals surface area (Å²) in [4.78, 5) is 12.1. The van der Waals surface area contributed by atoms with E-state index in [4.69, 9.17) is 10.3 Å². The fourth-order valence-corrected chi connectivity index (χ4v) is 1.66. The SMILES string of the molecule is Cc1cnc(-c2noc(-c3cc(N)c(F)cc3F)n2)nc1. The predicted octanol–water partition coefficient (Wildman–Crippen LogP) is 2.36. The first-order valence-electron chi connectivity index (χ1n) is 5.92. The van der Waals surface area contributed by atoms with Crippen LogP contribution in [0.3, 0.4) is 0 Å². The molecule has 0 saturated heterocycles. The van der Waals surface area contributed by atoms with Crippen molar-refractivity contribution in [2.75, 3.05) is 5.73 Å². The second-order valence-electron chi connectivity index (χ2n) is 4.36. The summed E-state index contributed by atoms with van der Waals surface area (Å²) in [5, 5.41) is 3.67. The lowest BCUT2D eigenvalue weighted by atomic mass is 10.2. The van der Waals surface area contributed by atoms with Crippen LogP contribution in [0.2, 0.25) is 0 Å². The molecule has 0 amide bonds. The van der Waals surface area contributed by atoms with E-state index in [0.717, 1.165) is 11.6 Å². The van der Waals surface area contributed by atoms with Crippen molar-refractivity contribution < 1.29 is 13.3 Å². The van der Waals surface area contributed by atoms with E-state index in [0.29, 0.717) is 6.07 Å². The second kappa shape index (κ2) is 4.89. The second-order valence-corrected chi connectivity index (χ2v) is 4.36. The summed E-state index contributed by atoms with van der Waals surface area (Å²) in [5.74, 6) is -1.48. The third kappa shape index (κ3) is 2.42. The van der Waals surface area contributed by atoms with Crippen LogP contribution in [0.1, 0.15) is 5.56 Å². The number of halogens is 2. The largest absolute Gasteiger partial charge is 0.396 e. The van der Waals surface area contributed by atoms with Crippen LogP contribution >= 0.6 is 0 Å². The smallest absolute Gasteiger partial charge is 0.261 e. The number of nitrogen functional groups attached to an aromatic ring is 1. The van der Waals surface area contributed by atoms with Crippen molar-refractivity contribution >= 4 is 5.69 Å². The van der Waals surface area contributed by atoms with Crippen LogP contribution in [-0.4, -0.2) is 20.1 Å². The number of aryl methyl sites for hydroxylation is 1. The Morgan fingerprint density at radius 3 is 2.48 bits per heavy atom. The van der Waals surface area contributed by atoms with Gasteiger partial charge in [0, 0.05) is 18.5 Å². The molecule has 2 aromatic heterocycles. The van der Waals surface area contributed by atoms with Gasteiger partial charge in [0.1, 0.15) is 11.6 Å². The number of anilines is 1. The minimum absolute atomic E-state index is 0.0836. The molecule has 8 heteroatoms. The van der Waals surface area contributed by atoms with E-state index in [-0.39, 0.29) is 28.8 Å². The molecule has 21 heavy (non-hydrogen) atoms. The maximum atomic E-state index is 13.7. The lowest BCUT2D eigenvalue weighted by molar-refractivity contribution is 0.429. The molecule has 0 spiro atoms. The van der Waals surface area contributed by atoms with E-state index in [1.807, 2.05) is 6.92 Å². The zero-order valence-corrected chi connectivity index (χ0v) is 10.8. The van der Waals surface area contributed by atoms with Crippen LogP contribution in [0.25, 0.3) is 23.1 Å². The molecule has 0 aliphatic heterocycles. The molecule has 2 heterocycles. The monoisotopic (exact) mass is 289 g/mol. The highest BCUT2D eigenvalue weighted by Gasteiger charge is 2.17. The molecule has 0 radical (unpaired) electrons. The fourth-order valence-electron chi connectivity index (χ4n) is 1.66. The Balaban J connectivity index is 2.02. The van der Waals surface area contributed by atoms with Gasteiger partial charge in [-0.3, -0.25) is 0 Å². The number of hydrogen-bond acceptors (Lipinski definition) is 6. The maximum absolute atomic E-state index is 13.7. The molecule has 0 bridgehead atoms. The standard InChI is InChI=1S/C13H9F2N5O/c1-6-4-17-11(18-5-6)12-19-13(21-20-12)7-2-10(16)9(15)3-8(7)14/h2-5H,16H2,1H3. The van der Waals surface area contributed by atoms with Gasteiger partial charge in [-0.25, -0.2) is 18.7 Å².